The number of likely N-dealkylation sites (tertiary alicyclic amines) is 1. The SMILES string of the molecule is Cc1ccc(C(=O)N2C[C@H](C(=O)Nc3ccccc3)C3(CCOCC3)C2)o1. The van der Waals surface area contributed by atoms with Crippen molar-refractivity contribution in [3.8, 4) is 0 Å². The summed E-state index contributed by atoms with van der Waals surface area (Å²) in [6.07, 6.45) is 1.56. The van der Waals surface area contributed by atoms with Crippen LogP contribution in [0.4, 0.5) is 5.69 Å². The Morgan fingerprint density at radius 3 is 2.52 bits per heavy atom. The molecule has 2 saturated heterocycles. The Labute approximate surface area is 158 Å². The molecule has 4 rings (SSSR count). The summed E-state index contributed by atoms with van der Waals surface area (Å²) in [5.74, 6) is 0.593. The molecule has 6 nitrogen and oxygen atoms in total. The Morgan fingerprint density at radius 1 is 1.11 bits per heavy atom. The molecule has 3 heterocycles. The highest BCUT2D eigenvalue weighted by Crippen LogP contribution is 2.45. The molecule has 1 spiro atoms. The first-order valence-corrected chi connectivity index (χ1v) is 9.37. The van der Waals surface area contributed by atoms with Crippen LogP contribution in [0, 0.1) is 18.3 Å². The van der Waals surface area contributed by atoms with Gasteiger partial charge in [-0.1, -0.05) is 18.2 Å². The zero-order chi connectivity index (χ0) is 18.9. The smallest absolute Gasteiger partial charge is 0.289 e. The van der Waals surface area contributed by atoms with E-state index in [1.807, 2.05) is 37.3 Å². The summed E-state index contributed by atoms with van der Waals surface area (Å²) in [7, 11) is 0. The third-order valence-electron chi connectivity index (χ3n) is 5.73. The average molecular weight is 368 g/mol. The summed E-state index contributed by atoms with van der Waals surface area (Å²) in [6, 6.07) is 12.9. The lowest BCUT2D eigenvalue weighted by Gasteiger charge is -2.37. The van der Waals surface area contributed by atoms with Crippen LogP contribution in [-0.4, -0.2) is 43.0 Å². The summed E-state index contributed by atoms with van der Waals surface area (Å²) in [5, 5.41) is 3.02. The molecular weight excluding hydrogens is 344 g/mol. The first-order chi connectivity index (χ1) is 13.1. The van der Waals surface area contributed by atoms with Crippen LogP contribution in [0.1, 0.15) is 29.2 Å². The maximum atomic E-state index is 13.1. The van der Waals surface area contributed by atoms with Gasteiger partial charge in [0, 0.05) is 37.4 Å². The fraction of sp³-hybridized carbons (Fsp3) is 0.429. The summed E-state index contributed by atoms with van der Waals surface area (Å²) >= 11 is 0. The standard InChI is InChI=1S/C21H24N2O4/c1-15-7-8-18(27-15)20(25)23-13-17(21(14-23)9-11-26-12-10-21)19(24)22-16-5-3-2-4-6-16/h2-8,17H,9-14H2,1H3,(H,22,24)/t17-/m1/s1. The van der Waals surface area contributed by atoms with Gasteiger partial charge in [-0.25, -0.2) is 0 Å². The summed E-state index contributed by atoms with van der Waals surface area (Å²) in [5.41, 5.74) is 0.533. The molecule has 1 aromatic heterocycles. The summed E-state index contributed by atoms with van der Waals surface area (Å²) in [4.78, 5) is 27.7. The molecule has 0 bridgehead atoms. The van der Waals surface area contributed by atoms with Gasteiger partial charge in [0.05, 0.1) is 5.92 Å². The van der Waals surface area contributed by atoms with Crippen LogP contribution in [0.25, 0.3) is 0 Å². The van der Waals surface area contributed by atoms with E-state index in [4.69, 9.17) is 9.15 Å². The van der Waals surface area contributed by atoms with Crippen LogP contribution in [0.3, 0.4) is 0 Å². The van der Waals surface area contributed by atoms with E-state index in [1.165, 1.54) is 0 Å². The van der Waals surface area contributed by atoms with E-state index in [9.17, 15) is 9.59 Å². The molecule has 0 radical (unpaired) electrons. The van der Waals surface area contributed by atoms with Crippen molar-refractivity contribution in [2.75, 3.05) is 31.6 Å². The normalized spacial score (nSPS) is 21.4. The van der Waals surface area contributed by atoms with Crippen molar-refractivity contribution in [1.29, 1.82) is 0 Å². The molecule has 1 N–H and O–H groups in total. The minimum Gasteiger partial charge on any atom is -0.456 e. The van der Waals surface area contributed by atoms with Gasteiger partial charge >= 0.3 is 0 Å². The van der Waals surface area contributed by atoms with Gasteiger partial charge < -0.3 is 19.4 Å². The Bertz CT molecular complexity index is 824. The van der Waals surface area contributed by atoms with Gasteiger partial charge in [-0.2, -0.15) is 0 Å². The molecule has 2 aromatic rings. The predicted molar refractivity (Wildman–Crippen MR) is 100 cm³/mol. The number of aryl methyl sites for hydroxylation is 1. The average Bonchev–Trinajstić information content (AvgIpc) is 3.27. The molecule has 0 saturated carbocycles. The fourth-order valence-corrected chi connectivity index (χ4v) is 4.23. The van der Waals surface area contributed by atoms with Crippen molar-refractivity contribution in [3.63, 3.8) is 0 Å². The quantitative estimate of drug-likeness (QED) is 0.904. The van der Waals surface area contributed by atoms with Gasteiger partial charge in [0.15, 0.2) is 5.76 Å². The maximum absolute atomic E-state index is 13.1. The van der Waals surface area contributed by atoms with Crippen LogP contribution in [-0.2, 0) is 9.53 Å². The molecule has 6 heteroatoms. The molecule has 2 amide bonds. The van der Waals surface area contributed by atoms with Gasteiger partial charge in [0.2, 0.25) is 5.91 Å². The minimum absolute atomic E-state index is 0.0333. The second kappa shape index (κ2) is 7.19. The predicted octanol–water partition coefficient (Wildman–Crippen LogP) is 3.10. The van der Waals surface area contributed by atoms with E-state index in [-0.39, 0.29) is 23.1 Å². The van der Waals surface area contributed by atoms with Gasteiger partial charge in [0.25, 0.3) is 5.91 Å². The highest BCUT2D eigenvalue weighted by atomic mass is 16.5. The number of carbonyl (C=O) groups is 2. The molecule has 0 aliphatic carbocycles. The van der Waals surface area contributed by atoms with Crippen LogP contribution >= 0.6 is 0 Å². The largest absolute Gasteiger partial charge is 0.456 e. The van der Waals surface area contributed by atoms with Crippen molar-refractivity contribution in [2.45, 2.75) is 19.8 Å². The van der Waals surface area contributed by atoms with E-state index in [0.717, 1.165) is 18.5 Å². The zero-order valence-electron chi connectivity index (χ0n) is 15.4. The number of hydrogen-bond donors (Lipinski definition) is 1. The topological polar surface area (TPSA) is 71.8 Å². The molecule has 2 aliphatic rings. The van der Waals surface area contributed by atoms with Gasteiger partial charge in [-0.3, -0.25) is 9.59 Å². The van der Waals surface area contributed by atoms with Crippen molar-refractivity contribution in [1.82, 2.24) is 4.90 Å². The molecule has 27 heavy (non-hydrogen) atoms. The van der Waals surface area contributed by atoms with Gasteiger partial charge in [-0.05, 0) is 44.0 Å². The van der Waals surface area contributed by atoms with Gasteiger partial charge in [0.1, 0.15) is 5.76 Å². The molecule has 0 unspecified atom stereocenters. The Balaban J connectivity index is 1.56. The molecule has 1 aromatic carbocycles. The van der Waals surface area contributed by atoms with E-state index >= 15 is 0 Å². The number of nitrogens with zero attached hydrogens (tertiary/aromatic N) is 1. The van der Waals surface area contributed by atoms with Crippen LogP contribution in [0.5, 0.6) is 0 Å². The summed E-state index contributed by atoms with van der Waals surface area (Å²) in [6.45, 7) is 4.02. The summed E-state index contributed by atoms with van der Waals surface area (Å²) < 4.78 is 11.0. The number of nitrogens with one attached hydrogen (secondary N) is 1. The van der Waals surface area contributed by atoms with Crippen LogP contribution in [0.15, 0.2) is 46.9 Å². The second-order valence-corrected chi connectivity index (χ2v) is 7.48. The number of hydrogen-bond acceptors (Lipinski definition) is 4. The Kier molecular flexibility index (Phi) is 4.74. The molecule has 2 fully saturated rings. The maximum Gasteiger partial charge on any atom is 0.289 e. The number of para-hydroxylation sites is 1. The number of rotatable bonds is 3. The third kappa shape index (κ3) is 3.49. The Hall–Kier alpha value is -2.60. The van der Waals surface area contributed by atoms with Gasteiger partial charge in [-0.15, -0.1) is 0 Å². The fourth-order valence-electron chi connectivity index (χ4n) is 4.23. The number of furan rings is 1. The third-order valence-corrected chi connectivity index (χ3v) is 5.73. The number of amides is 2. The highest BCUT2D eigenvalue weighted by Gasteiger charge is 2.52. The molecular formula is C21H24N2O4. The van der Waals surface area contributed by atoms with Crippen molar-refractivity contribution in [3.05, 3.63) is 54.0 Å². The van der Waals surface area contributed by atoms with E-state index in [2.05, 4.69) is 5.32 Å². The lowest BCUT2D eigenvalue weighted by Crippen LogP contribution is -2.42. The number of carbonyl (C=O) groups excluding carboxylic acids is 2. The first kappa shape index (κ1) is 17.8. The van der Waals surface area contributed by atoms with Crippen molar-refractivity contribution < 1.29 is 18.7 Å². The van der Waals surface area contributed by atoms with E-state index in [0.29, 0.717) is 37.8 Å². The minimum atomic E-state index is -0.262. The van der Waals surface area contributed by atoms with Crippen molar-refractivity contribution in [2.24, 2.45) is 11.3 Å². The van der Waals surface area contributed by atoms with E-state index < -0.39 is 0 Å². The first-order valence-electron chi connectivity index (χ1n) is 9.37. The number of ether oxygens (including phenoxy) is 1. The molecule has 1 atom stereocenters. The Morgan fingerprint density at radius 2 is 1.85 bits per heavy atom. The number of anilines is 1. The van der Waals surface area contributed by atoms with Crippen molar-refractivity contribution >= 4 is 17.5 Å². The number of benzene rings is 1. The lowest BCUT2D eigenvalue weighted by atomic mass is 9.71. The second-order valence-electron chi connectivity index (χ2n) is 7.48. The van der Waals surface area contributed by atoms with Crippen LogP contribution < -0.4 is 5.32 Å². The molecule has 2 aliphatic heterocycles. The lowest BCUT2D eigenvalue weighted by molar-refractivity contribution is -0.124. The van der Waals surface area contributed by atoms with E-state index in [1.54, 1.807) is 17.0 Å². The zero-order valence-corrected chi connectivity index (χ0v) is 15.4. The molecule has 142 valence electrons. The van der Waals surface area contributed by atoms with Crippen LogP contribution in [0.2, 0.25) is 0 Å². The highest BCUT2D eigenvalue weighted by molar-refractivity contribution is 5.96. The monoisotopic (exact) mass is 368 g/mol.